The first-order valence-corrected chi connectivity index (χ1v) is 30.3. The van der Waals surface area contributed by atoms with Crippen LogP contribution in [0.5, 0.6) is 0 Å². The van der Waals surface area contributed by atoms with Gasteiger partial charge in [-0.15, -0.1) is 0 Å². The van der Waals surface area contributed by atoms with Crippen molar-refractivity contribution in [2.24, 2.45) is 0 Å². The van der Waals surface area contributed by atoms with Crippen molar-refractivity contribution in [3.05, 3.63) is 153 Å². The van der Waals surface area contributed by atoms with E-state index in [1.807, 2.05) is 99.2 Å². The van der Waals surface area contributed by atoms with Crippen LogP contribution in [0.25, 0.3) is 22.3 Å². The van der Waals surface area contributed by atoms with Crippen molar-refractivity contribution < 1.29 is 75.7 Å². The van der Waals surface area contributed by atoms with Gasteiger partial charge in [0.05, 0.1) is 49.7 Å². The maximum Gasteiger partial charge on any atom is 1.00 e. The molecule has 2 saturated heterocycles. The van der Waals surface area contributed by atoms with Gasteiger partial charge in [0.25, 0.3) is 11.8 Å². The summed E-state index contributed by atoms with van der Waals surface area (Å²) < 4.78 is 51.2. The Bertz CT molecular complexity index is 3660. The predicted octanol–water partition coefficient (Wildman–Crippen LogP) is 5.09. The van der Waals surface area contributed by atoms with Crippen LogP contribution in [0.15, 0.2) is 85.5 Å². The average Bonchev–Trinajstić information content (AvgIpc) is 1.78. The fourth-order valence-electron chi connectivity index (χ4n) is 12.5. The normalized spacial score (nSPS) is 17.3. The van der Waals surface area contributed by atoms with Crippen LogP contribution in [-0.4, -0.2) is 155 Å². The van der Waals surface area contributed by atoms with Crippen LogP contribution >= 0.6 is 0 Å². The zero-order valence-electron chi connectivity index (χ0n) is 52.0. The Labute approximate surface area is 528 Å². The maximum absolute atomic E-state index is 15.6. The molecule has 23 heteroatoms. The second-order valence-corrected chi connectivity index (χ2v) is 25.3. The second-order valence-electron chi connectivity index (χ2n) is 25.3. The van der Waals surface area contributed by atoms with E-state index in [2.05, 4.69) is 19.8 Å². The summed E-state index contributed by atoms with van der Waals surface area (Å²) in [6.07, 6.45) is 5.96. The molecule has 0 N–H and O–H groups in total. The maximum atomic E-state index is 15.6. The van der Waals surface area contributed by atoms with Crippen LogP contribution < -0.4 is 24.0 Å². The number of hydrogen-bond acceptors (Lipinski definition) is 14. The number of carbonyl (C=O) groups is 6. The third-order valence-electron chi connectivity index (χ3n) is 16.9. The summed E-state index contributed by atoms with van der Waals surface area (Å²) in [5, 5.41) is 12.3. The summed E-state index contributed by atoms with van der Waals surface area (Å²) >= 11 is 0. The van der Waals surface area contributed by atoms with Gasteiger partial charge in [-0.25, -0.2) is 33.1 Å². The van der Waals surface area contributed by atoms with E-state index in [4.69, 9.17) is 14.2 Å². The van der Waals surface area contributed by atoms with Crippen LogP contribution in [0.4, 0.5) is 18.4 Å². The quantitative estimate of drug-likeness (QED) is 0.0840. The topological polar surface area (TPSA) is 208 Å². The number of rotatable bonds is 13. The summed E-state index contributed by atoms with van der Waals surface area (Å²) in [6.45, 7) is 21.2. The minimum absolute atomic E-state index is 0. The first-order valence-electron chi connectivity index (χ1n) is 30.3. The largest absolute Gasteiger partial charge is 1.00 e. The van der Waals surface area contributed by atoms with Gasteiger partial charge in [-0.2, -0.15) is 0 Å². The molecule has 4 aromatic carbocycles. The van der Waals surface area contributed by atoms with Crippen LogP contribution in [0.1, 0.15) is 139 Å². The Kier molecular flexibility index (Phi) is 18.9. The van der Waals surface area contributed by atoms with Crippen molar-refractivity contribution >= 4 is 35.9 Å². The van der Waals surface area contributed by atoms with E-state index < -0.39 is 58.7 Å². The Hall–Kier alpha value is -7.90. The number of esters is 1. The van der Waals surface area contributed by atoms with Gasteiger partial charge >= 0.3 is 37.0 Å². The number of ether oxygens (including phenoxy) is 3. The first kappa shape index (κ1) is 64.1. The minimum Gasteiger partial charge on any atom is -0.547 e. The number of amides is 4. The van der Waals surface area contributed by atoms with Gasteiger partial charge in [0.1, 0.15) is 28.9 Å². The number of aromatic nitrogens is 4. The van der Waals surface area contributed by atoms with Crippen LogP contribution in [0.3, 0.4) is 0 Å². The molecular weight excluding hydrogens is 1140 g/mol. The van der Waals surface area contributed by atoms with Gasteiger partial charge in [0.2, 0.25) is 0 Å². The third kappa shape index (κ3) is 14.0. The first-order chi connectivity index (χ1) is 42.0. The molecule has 0 saturated carbocycles. The summed E-state index contributed by atoms with van der Waals surface area (Å²) in [7, 11) is 0. The van der Waals surface area contributed by atoms with Crippen molar-refractivity contribution in [2.75, 3.05) is 59.0 Å². The number of hydrogen-bond donors (Lipinski definition) is 0. The predicted molar refractivity (Wildman–Crippen MR) is 318 cm³/mol. The van der Waals surface area contributed by atoms with Gasteiger partial charge in [0, 0.05) is 112 Å². The van der Waals surface area contributed by atoms with E-state index >= 15 is 8.78 Å². The monoisotopic (exact) mass is 1210 g/mol. The van der Waals surface area contributed by atoms with Crippen molar-refractivity contribution in [1.82, 2.24) is 48.5 Å². The number of piperazine rings is 2. The molecule has 89 heavy (non-hydrogen) atoms. The van der Waals surface area contributed by atoms with E-state index in [1.165, 1.54) is 17.0 Å². The number of carbonyl (C=O) groups excluding carboxylic acids is 6. The molecule has 6 aromatic rings. The molecule has 12 rings (SSSR count). The molecule has 0 bridgehead atoms. The average molecular weight is 1210 g/mol. The molecule has 0 radical (unpaired) electrons. The summed E-state index contributed by atoms with van der Waals surface area (Å²) in [5.74, 6) is -3.99. The number of imidazole rings is 2. The zero-order valence-corrected chi connectivity index (χ0v) is 52.0. The molecule has 20 nitrogen and oxygen atoms in total. The molecular formula is C66H75F2LiN10O10. The number of nitrogens with zero attached hydrogens (tertiary/aromatic N) is 10. The number of aryl methyl sites for hydroxylation is 2. The van der Waals surface area contributed by atoms with Gasteiger partial charge < -0.3 is 52.8 Å². The second kappa shape index (κ2) is 26.3. The van der Waals surface area contributed by atoms with Gasteiger partial charge in [-0.05, 0) is 132 Å². The van der Waals surface area contributed by atoms with Gasteiger partial charge in [-0.1, -0.05) is 48.5 Å². The van der Waals surface area contributed by atoms with Crippen molar-refractivity contribution in [1.29, 1.82) is 0 Å². The number of benzene rings is 4. The smallest absolute Gasteiger partial charge is 0.547 e. The molecule has 2 fully saturated rings. The van der Waals surface area contributed by atoms with E-state index in [0.717, 1.165) is 104 Å². The van der Waals surface area contributed by atoms with Crippen molar-refractivity contribution in [3.8, 4) is 22.3 Å². The Balaban J connectivity index is 0.000000194. The molecule has 2 atom stereocenters. The molecule has 2 aromatic heterocycles. The Morgan fingerprint density at radius 3 is 1.34 bits per heavy atom. The van der Waals surface area contributed by atoms with Crippen LogP contribution in [0.2, 0.25) is 0 Å². The van der Waals surface area contributed by atoms with E-state index in [1.54, 1.807) is 41.5 Å². The number of fused-ring (bicyclic) bond motifs is 4. The number of halogens is 2. The van der Waals surface area contributed by atoms with Crippen LogP contribution in [0, 0.1) is 11.6 Å². The molecule has 8 heterocycles. The minimum atomic E-state index is -1.43. The Morgan fingerprint density at radius 1 is 0.562 bits per heavy atom. The molecule has 2 unspecified atom stereocenters. The Morgan fingerprint density at radius 2 is 0.955 bits per heavy atom. The van der Waals surface area contributed by atoms with E-state index in [-0.39, 0.29) is 73.0 Å². The number of carboxylic acid groups (broad SMARTS) is 1. The summed E-state index contributed by atoms with van der Waals surface area (Å²) in [6, 6.07) is 19.4. The molecule has 6 aliphatic heterocycles. The summed E-state index contributed by atoms with van der Waals surface area (Å²) in [4.78, 5) is 96.8. The molecule has 464 valence electrons. The molecule has 4 amide bonds. The SMILES string of the molecule is CC(C)(C)OC(=O)N1CCN(Cc2ccc(-c3cc(F)c4c(c3)C(=O)N(C(C(=O)[O-])c3ncn5c3CCC5)C4)cc2)CC1.CCOC(=O)C(c1ncn2c1CCC2)N1Cc2c(F)cc(-c3ccc(CN4CCN(C(=O)OC(C)(C)C)CC4)cc3)cc2C1=O.[Li+]. The molecule has 0 aliphatic carbocycles. The van der Waals surface area contributed by atoms with Crippen molar-refractivity contribution in [2.45, 2.75) is 137 Å². The molecule has 0 spiro atoms. The van der Waals surface area contributed by atoms with E-state index in [9.17, 15) is 33.9 Å². The van der Waals surface area contributed by atoms with Crippen molar-refractivity contribution in [3.63, 3.8) is 0 Å². The fourth-order valence-corrected chi connectivity index (χ4v) is 12.5. The fraction of sp³-hybridized carbons (Fsp3) is 0.455. The number of carboxylic acids is 1. The number of aliphatic carboxylic acids is 1. The summed E-state index contributed by atoms with van der Waals surface area (Å²) in [5.41, 5.74) is 7.15. The van der Waals surface area contributed by atoms with E-state index in [0.29, 0.717) is 61.7 Å². The standard InChI is InChI=1S/C34H40FN5O5.C32H36FN5O5.Li/c1-5-44-32(42)30(29-28-7-6-12-39(28)21-36-29)40-20-26-25(31(40)41)17-24(18-27(26)35)23-10-8-22(9-11-23)19-37-13-15-38(16-14-37)33(43)45-34(2,3)4;1-32(2,3)43-31(42)36-13-11-35(12-14-36)17-20-6-8-21(9-7-20)22-15-23-24(25(33)16-22)18-38(29(23)39)28(30(40)41)27-26-5-4-10-37(26)19-34-27;/h8-11,17-18,21,30H,5-7,12-16,19-20H2,1-4H3;6-9,15-16,19,28H,4-5,10-14,17-18H2,1-3H3,(H,40,41);/q;;+1/p-1. The third-order valence-corrected chi connectivity index (χ3v) is 16.9. The zero-order chi connectivity index (χ0) is 62.3. The van der Waals surface area contributed by atoms with Gasteiger partial charge in [-0.3, -0.25) is 19.4 Å². The molecule has 6 aliphatic rings. The van der Waals surface area contributed by atoms with Crippen LogP contribution in [-0.2, 0) is 75.9 Å². The van der Waals surface area contributed by atoms with Gasteiger partial charge in [0.15, 0.2) is 6.04 Å².